The number of aryl methyl sites for hydroxylation is 1. The fraction of sp³-hybridized carbons (Fsp3) is 0.333. The summed E-state index contributed by atoms with van der Waals surface area (Å²) in [5.74, 6) is 2.21. The van der Waals surface area contributed by atoms with Crippen LogP contribution in [0, 0.1) is 6.92 Å². The number of benzene rings is 1. The molecule has 1 saturated heterocycles. The van der Waals surface area contributed by atoms with Gasteiger partial charge in [0, 0.05) is 38.9 Å². The Morgan fingerprint density at radius 1 is 1.15 bits per heavy atom. The number of aromatic nitrogens is 4. The van der Waals surface area contributed by atoms with Crippen LogP contribution in [0.4, 0.5) is 11.6 Å². The Bertz CT molecular complexity index is 1370. The highest BCUT2D eigenvalue weighted by Crippen LogP contribution is 2.27. The molecule has 4 heterocycles. The number of nitrogen functional groups attached to an aromatic ring is 1. The van der Waals surface area contributed by atoms with Gasteiger partial charge in [-0.1, -0.05) is 0 Å². The molecule has 1 aromatic carbocycles. The van der Waals surface area contributed by atoms with E-state index in [-0.39, 0.29) is 11.5 Å². The van der Waals surface area contributed by atoms with Crippen molar-refractivity contribution >= 4 is 22.8 Å². The molecule has 3 aromatic heterocycles. The second kappa shape index (κ2) is 8.79. The lowest BCUT2D eigenvalue weighted by atomic mass is 10.1. The number of hydrogen-bond donors (Lipinski definition) is 1. The Balaban J connectivity index is 1.31. The van der Waals surface area contributed by atoms with Crippen molar-refractivity contribution in [3.8, 4) is 17.2 Å². The minimum Gasteiger partial charge on any atom is -0.497 e. The summed E-state index contributed by atoms with van der Waals surface area (Å²) in [5.41, 5.74) is 8.28. The lowest BCUT2D eigenvalue weighted by molar-refractivity contribution is 0.142. The molecule has 2 N–H and O–H groups in total. The van der Waals surface area contributed by atoms with Crippen molar-refractivity contribution in [2.24, 2.45) is 0 Å². The van der Waals surface area contributed by atoms with Crippen molar-refractivity contribution in [1.82, 2.24) is 24.4 Å². The number of rotatable bonds is 7. The summed E-state index contributed by atoms with van der Waals surface area (Å²) < 4.78 is 12.6. The first-order valence-corrected chi connectivity index (χ1v) is 11.1. The largest absolute Gasteiger partial charge is 0.497 e. The van der Waals surface area contributed by atoms with Gasteiger partial charge in [0.15, 0.2) is 11.4 Å². The number of nitrogens with zero attached hydrogens (tertiary/aromatic N) is 6. The third-order valence-corrected chi connectivity index (χ3v) is 6.29. The Hall–Kier alpha value is -3.92. The molecule has 1 aliphatic rings. The Morgan fingerprint density at radius 3 is 2.59 bits per heavy atom. The van der Waals surface area contributed by atoms with Gasteiger partial charge in [0.1, 0.15) is 22.7 Å². The van der Waals surface area contributed by atoms with Gasteiger partial charge < -0.3 is 19.8 Å². The second-order valence-electron chi connectivity index (χ2n) is 8.48. The summed E-state index contributed by atoms with van der Waals surface area (Å²) in [6, 6.07) is 12.1. The van der Waals surface area contributed by atoms with Crippen molar-refractivity contribution in [1.29, 1.82) is 0 Å². The van der Waals surface area contributed by atoms with E-state index in [0.29, 0.717) is 41.7 Å². The number of methoxy groups -OCH3 is 1. The van der Waals surface area contributed by atoms with Crippen molar-refractivity contribution < 1.29 is 9.15 Å². The number of likely N-dealkylation sites (N-methyl/N-ethyl adjacent to an activating group) is 1. The molecule has 10 heteroatoms. The van der Waals surface area contributed by atoms with E-state index in [1.54, 1.807) is 11.7 Å². The van der Waals surface area contributed by atoms with E-state index in [9.17, 15) is 4.79 Å². The topological polar surface area (TPSA) is 116 Å². The molecule has 0 unspecified atom stereocenters. The van der Waals surface area contributed by atoms with Gasteiger partial charge in [-0.05, 0) is 43.3 Å². The smallest absolute Gasteiger partial charge is 0.270 e. The summed E-state index contributed by atoms with van der Waals surface area (Å²) in [4.78, 5) is 30.2. The van der Waals surface area contributed by atoms with Gasteiger partial charge >= 0.3 is 0 Å². The summed E-state index contributed by atoms with van der Waals surface area (Å²) in [6.45, 7) is 4.86. The van der Waals surface area contributed by atoms with Gasteiger partial charge in [0.05, 0.1) is 19.3 Å². The molecule has 1 aliphatic heterocycles. The maximum absolute atomic E-state index is 12.7. The highest BCUT2D eigenvalue weighted by atomic mass is 16.5. The van der Waals surface area contributed by atoms with Crippen molar-refractivity contribution in [3.63, 3.8) is 0 Å². The Labute approximate surface area is 196 Å². The van der Waals surface area contributed by atoms with Gasteiger partial charge in [-0.2, -0.15) is 4.98 Å². The number of ether oxygens (including phenoxy) is 1. The predicted octanol–water partition coefficient (Wildman–Crippen LogP) is 2.17. The van der Waals surface area contributed by atoms with Crippen LogP contribution in [0.2, 0.25) is 0 Å². The van der Waals surface area contributed by atoms with E-state index < -0.39 is 0 Å². The molecule has 0 bridgehead atoms. The zero-order valence-corrected chi connectivity index (χ0v) is 19.4. The molecule has 0 aliphatic carbocycles. The average molecular weight is 462 g/mol. The molecule has 4 aromatic rings. The van der Waals surface area contributed by atoms with E-state index >= 15 is 0 Å². The van der Waals surface area contributed by atoms with Crippen molar-refractivity contribution in [2.75, 3.05) is 44.4 Å². The molecule has 34 heavy (non-hydrogen) atoms. The average Bonchev–Trinajstić information content (AvgIpc) is 3.24. The highest BCUT2D eigenvalue weighted by Gasteiger charge is 2.30. The third kappa shape index (κ3) is 4.08. The van der Waals surface area contributed by atoms with Crippen LogP contribution in [-0.4, -0.2) is 64.3 Å². The van der Waals surface area contributed by atoms with Crippen LogP contribution in [0.1, 0.15) is 5.76 Å². The molecule has 0 spiro atoms. The Kier molecular flexibility index (Phi) is 5.66. The maximum Gasteiger partial charge on any atom is 0.270 e. The normalized spacial score (nSPS) is 14.3. The number of nitrogens with two attached hydrogens (primary N) is 1. The van der Waals surface area contributed by atoms with Gasteiger partial charge in [0.2, 0.25) is 5.95 Å². The van der Waals surface area contributed by atoms with Gasteiger partial charge in [0.25, 0.3) is 5.56 Å². The highest BCUT2D eigenvalue weighted by molar-refractivity contribution is 5.86. The molecule has 1 fully saturated rings. The molecule has 5 rings (SSSR count). The zero-order chi connectivity index (χ0) is 23.8. The fourth-order valence-corrected chi connectivity index (χ4v) is 4.25. The summed E-state index contributed by atoms with van der Waals surface area (Å²) in [7, 11) is 3.77. The van der Waals surface area contributed by atoms with Crippen LogP contribution >= 0.6 is 0 Å². The summed E-state index contributed by atoms with van der Waals surface area (Å²) in [6.07, 6.45) is 1.30. The van der Waals surface area contributed by atoms with Crippen LogP contribution < -0.4 is 20.9 Å². The van der Waals surface area contributed by atoms with Crippen molar-refractivity contribution in [3.05, 3.63) is 58.7 Å². The first-order valence-electron chi connectivity index (χ1n) is 11.1. The molecule has 0 radical (unpaired) electrons. The van der Waals surface area contributed by atoms with Crippen LogP contribution in [0.5, 0.6) is 5.75 Å². The van der Waals surface area contributed by atoms with Crippen LogP contribution in [0.15, 0.2) is 51.8 Å². The zero-order valence-electron chi connectivity index (χ0n) is 19.4. The van der Waals surface area contributed by atoms with Gasteiger partial charge in [-0.3, -0.25) is 14.3 Å². The van der Waals surface area contributed by atoms with Gasteiger partial charge in [-0.25, -0.2) is 9.97 Å². The van der Waals surface area contributed by atoms with E-state index in [4.69, 9.17) is 14.9 Å². The monoisotopic (exact) mass is 461 g/mol. The first kappa shape index (κ1) is 21.9. The van der Waals surface area contributed by atoms with E-state index in [1.165, 1.54) is 6.20 Å². The molecule has 10 nitrogen and oxygen atoms in total. The second-order valence-corrected chi connectivity index (χ2v) is 8.48. The molecule has 0 saturated carbocycles. The summed E-state index contributed by atoms with van der Waals surface area (Å²) in [5, 5.41) is 0. The fourth-order valence-electron chi connectivity index (χ4n) is 4.25. The molecule has 0 atom stereocenters. The molecular weight excluding hydrogens is 434 g/mol. The number of likely N-dealkylation sites (tertiary alicyclic amines) is 1. The lowest BCUT2D eigenvalue weighted by Crippen LogP contribution is -2.59. The quantitative estimate of drug-likeness (QED) is 0.442. The molecular formula is C24H27N7O3. The third-order valence-electron chi connectivity index (χ3n) is 6.29. The summed E-state index contributed by atoms with van der Waals surface area (Å²) >= 11 is 0. The van der Waals surface area contributed by atoms with E-state index in [1.807, 2.05) is 31.2 Å². The SMILES string of the molecule is COc1ccc(N(C)C2CN(CCn3c(=O)cnc4c(-c5ccc(C)o5)nc(N)nc43)C2)cc1. The lowest BCUT2D eigenvalue weighted by Gasteiger charge is -2.45. The molecule has 0 amide bonds. The number of fused-ring (bicyclic) bond motifs is 1. The number of hydrogen-bond acceptors (Lipinski definition) is 9. The van der Waals surface area contributed by atoms with E-state index in [2.05, 4.69) is 43.9 Å². The number of furan rings is 1. The van der Waals surface area contributed by atoms with Crippen LogP contribution in [0.3, 0.4) is 0 Å². The maximum atomic E-state index is 12.7. The van der Waals surface area contributed by atoms with E-state index in [0.717, 1.165) is 30.3 Å². The van der Waals surface area contributed by atoms with Crippen molar-refractivity contribution in [2.45, 2.75) is 19.5 Å². The van der Waals surface area contributed by atoms with Gasteiger partial charge in [-0.15, -0.1) is 0 Å². The van der Waals surface area contributed by atoms with Crippen LogP contribution in [-0.2, 0) is 6.54 Å². The predicted molar refractivity (Wildman–Crippen MR) is 130 cm³/mol. The van der Waals surface area contributed by atoms with Crippen LogP contribution in [0.25, 0.3) is 22.6 Å². The number of anilines is 2. The molecule has 176 valence electrons. The standard InChI is InChI=1S/C24H27N7O3/c1-15-4-9-19(34-15)21-22-23(28-24(25)27-21)31(20(32)12-26-22)11-10-30-13-17(14-30)29(2)16-5-7-18(33-3)8-6-16/h4-9,12,17H,10-11,13-14H2,1-3H3,(H2,25,27,28). The minimum absolute atomic E-state index is 0.0721. The Morgan fingerprint density at radius 2 is 1.91 bits per heavy atom. The minimum atomic E-state index is -0.223. The first-order chi connectivity index (χ1) is 16.4.